The monoisotopic (exact) mass is 231 g/mol. The van der Waals surface area contributed by atoms with Crippen molar-refractivity contribution in [3.05, 3.63) is 29.3 Å². The van der Waals surface area contributed by atoms with Crippen LogP contribution in [0.4, 0.5) is 5.69 Å². The van der Waals surface area contributed by atoms with Gasteiger partial charge in [-0.05, 0) is 48.9 Å². The van der Waals surface area contributed by atoms with Crippen LogP contribution in [0.1, 0.15) is 49.5 Å². The Kier molecular flexibility index (Phi) is 2.98. The van der Waals surface area contributed by atoms with Crippen LogP contribution in [-0.2, 0) is 5.41 Å². The first-order chi connectivity index (χ1) is 7.92. The number of Topliss-reactive ketones (excluding diaryl/α,β-unsaturated/α-hetero) is 1. The quantitative estimate of drug-likeness (QED) is 0.690. The van der Waals surface area contributed by atoms with Gasteiger partial charge < -0.3 is 4.90 Å². The molecule has 92 valence electrons. The number of fused-ring (bicyclic) bond motifs is 1. The SMILES string of the molecule is CC(=O)c1ccc2c(c1)C(C)(C)CCCN2C. The normalized spacial score (nSPS) is 18.5. The van der Waals surface area contributed by atoms with E-state index in [1.165, 1.54) is 24.1 Å². The fourth-order valence-corrected chi connectivity index (χ4v) is 2.64. The zero-order valence-corrected chi connectivity index (χ0v) is 11.2. The smallest absolute Gasteiger partial charge is 0.159 e. The van der Waals surface area contributed by atoms with Crippen molar-refractivity contribution in [2.75, 3.05) is 18.5 Å². The van der Waals surface area contributed by atoms with Gasteiger partial charge in [0.15, 0.2) is 5.78 Å². The van der Waals surface area contributed by atoms with Crippen molar-refractivity contribution < 1.29 is 4.79 Å². The van der Waals surface area contributed by atoms with Gasteiger partial charge in [-0.25, -0.2) is 0 Å². The molecular weight excluding hydrogens is 210 g/mol. The molecule has 17 heavy (non-hydrogen) atoms. The third kappa shape index (κ3) is 2.21. The van der Waals surface area contributed by atoms with Crippen LogP contribution < -0.4 is 4.90 Å². The molecule has 2 heteroatoms. The standard InChI is InChI=1S/C15H21NO/c1-11(17)12-6-7-14-13(10-12)15(2,3)8-5-9-16(14)4/h6-7,10H,5,8-9H2,1-4H3. The molecule has 0 saturated heterocycles. The van der Waals surface area contributed by atoms with Crippen LogP contribution >= 0.6 is 0 Å². The predicted molar refractivity (Wildman–Crippen MR) is 72.0 cm³/mol. The Morgan fingerprint density at radius 3 is 2.71 bits per heavy atom. The summed E-state index contributed by atoms with van der Waals surface area (Å²) in [6.07, 6.45) is 2.37. The van der Waals surface area contributed by atoms with Crippen molar-refractivity contribution in [1.82, 2.24) is 0 Å². The van der Waals surface area contributed by atoms with Gasteiger partial charge in [-0.2, -0.15) is 0 Å². The van der Waals surface area contributed by atoms with E-state index < -0.39 is 0 Å². The number of hydrogen-bond donors (Lipinski definition) is 0. The van der Waals surface area contributed by atoms with E-state index >= 15 is 0 Å². The van der Waals surface area contributed by atoms with E-state index in [9.17, 15) is 4.79 Å². The van der Waals surface area contributed by atoms with Crippen LogP contribution in [0.5, 0.6) is 0 Å². The zero-order valence-electron chi connectivity index (χ0n) is 11.2. The Balaban J connectivity index is 2.58. The molecule has 0 saturated carbocycles. The first-order valence-electron chi connectivity index (χ1n) is 6.28. The molecule has 1 aromatic carbocycles. The molecule has 0 spiro atoms. The molecule has 0 N–H and O–H groups in total. The van der Waals surface area contributed by atoms with Gasteiger partial charge in [-0.3, -0.25) is 4.79 Å². The van der Waals surface area contributed by atoms with Crippen LogP contribution in [0.2, 0.25) is 0 Å². The van der Waals surface area contributed by atoms with E-state index in [0.29, 0.717) is 0 Å². The molecule has 0 fully saturated rings. The molecule has 1 aliphatic heterocycles. The molecular formula is C15H21NO. The van der Waals surface area contributed by atoms with E-state index in [1.54, 1.807) is 6.92 Å². The highest BCUT2D eigenvalue weighted by Gasteiger charge is 2.28. The lowest BCUT2D eigenvalue weighted by molar-refractivity contribution is 0.101. The molecule has 0 aliphatic carbocycles. The summed E-state index contributed by atoms with van der Waals surface area (Å²) < 4.78 is 0. The topological polar surface area (TPSA) is 20.3 Å². The predicted octanol–water partition coefficient (Wildman–Crippen LogP) is 3.40. The summed E-state index contributed by atoms with van der Waals surface area (Å²) in [5.41, 5.74) is 3.57. The number of ketones is 1. The minimum Gasteiger partial charge on any atom is -0.374 e. The van der Waals surface area contributed by atoms with Crippen molar-refractivity contribution in [2.45, 2.75) is 39.0 Å². The van der Waals surface area contributed by atoms with Crippen LogP contribution in [0.15, 0.2) is 18.2 Å². The lowest BCUT2D eigenvalue weighted by Gasteiger charge is -2.27. The molecule has 0 aromatic heterocycles. The first-order valence-corrected chi connectivity index (χ1v) is 6.28. The number of hydrogen-bond acceptors (Lipinski definition) is 2. The van der Waals surface area contributed by atoms with Gasteiger partial charge in [-0.1, -0.05) is 13.8 Å². The average molecular weight is 231 g/mol. The summed E-state index contributed by atoms with van der Waals surface area (Å²) in [6, 6.07) is 6.12. The highest BCUT2D eigenvalue weighted by Crippen LogP contribution is 2.38. The average Bonchev–Trinajstić information content (AvgIpc) is 2.37. The molecule has 1 heterocycles. The highest BCUT2D eigenvalue weighted by atomic mass is 16.1. The molecule has 1 aliphatic rings. The molecule has 0 radical (unpaired) electrons. The number of anilines is 1. The number of carbonyl (C=O) groups is 1. The maximum absolute atomic E-state index is 11.5. The molecule has 0 unspecified atom stereocenters. The van der Waals surface area contributed by atoms with E-state index in [-0.39, 0.29) is 11.2 Å². The molecule has 2 rings (SSSR count). The van der Waals surface area contributed by atoms with Crippen LogP contribution in [0, 0.1) is 0 Å². The van der Waals surface area contributed by atoms with Crippen molar-refractivity contribution in [3.63, 3.8) is 0 Å². The van der Waals surface area contributed by atoms with Gasteiger partial charge in [0.05, 0.1) is 0 Å². The molecule has 0 atom stereocenters. The fourth-order valence-electron chi connectivity index (χ4n) is 2.64. The highest BCUT2D eigenvalue weighted by molar-refractivity contribution is 5.94. The number of rotatable bonds is 1. The second-order valence-electron chi connectivity index (χ2n) is 5.70. The Labute approximate surface area is 104 Å². The maximum atomic E-state index is 11.5. The largest absolute Gasteiger partial charge is 0.374 e. The Morgan fingerprint density at radius 1 is 1.35 bits per heavy atom. The van der Waals surface area contributed by atoms with Crippen molar-refractivity contribution >= 4 is 11.5 Å². The van der Waals surface area contributed by atoms with E-state index in [4.69, 9.17) is 0 Å². The van der Waals surface area contributed by atoms with Crippen LogP contribution in [-0.4, -0.2) is 19.4 Å². The van der Waals surface area contributed by atoms with E-state index in [2.05, 4.69) is 37.9 Å². The Hall–Kier alpha value is -1.31. The second-order valence-corrected chi connectivity index (χ2v) is 5.70. The van der Waals surface area contributed by atoms with Gasteiger partial charge >= 0.3 is 0 Å². The summed E-state index contributed by atoms with van der Waals surface area (Å²) in [5, 5.41) is 0. The van der Waals surface area contributed by atoms with Crippen molar-refractivity contribution in [3.8, 4) is 0 Å². The Bertz CT molecular complexity index is 448. The number of carbonyl (C=O) groups excluding carboxylic acids is 1. The van der Waals surface area contributed by atoms with E-state index in [0.717, 1.165) is 12.1 Å². The molecule has 0 bridgehead atoms. The van der Waals surface area contributed by atoms with Gasteiger partial charge in [0.2, 0.25) is 0 Å². The third-order valence-corrected chi connectivity index (χ3v) is 3.84. The molecule has 2 nitrogen and oxygen atoms in total. The minimum absolute atomic E-state index is 0.149. The van der Waals surface area contributed by atoms with Crippen molar-refractivity contribution in [1.29, 1.82) is 0 Å². The molecule has 0 amide bonds. The van der Waals surface area contributed by atoms with Gasteiger partial charge in [0.25, 0.3) is 0 Å². The summed E-state index contributed by atoms with van der Waals surface area (Å²) in [5.74, 6) is 0.149. The van der Waals surface area contributed by atoms with Gasteiger partial charge in [0.1, 0.15) is 0 Å². The fraction of sp³-hybridized carbons (Fsp3) is 0.533. The Morgan fingerprint density at radius 2 is 2.06 bits per heavy atom. The molecule has 1 aromatic rings. The first kappa shape index (κ1) is 12.2. The minimum atomic E-state index is 0.149. The lowest BCUT2D eigenvalue weighted by atomic mass is 9.79. The summed E-state index contributed by atoms with van der Waals surface area (Å²) >= 11 is 0. The second kappa shape index (κ2) is 4.17. The van der Waals surface area contributed by atoms with Crippen LogP contribution in [0.25, 0.3) is 0 Å². The summed E-state index contributed by atoms with van der Waals surface area (Å²) in [6.45, 7) is 7.27. The third-order valence-electron chi connectivity index (χ3n) is 3.84. The number of benzene rings is 1. The summed E-state index contributed by atoms with van der Waals surface area (Å²) in [4.78, 5) is 13.8. The maximum Gasteiger partial charge on any atom is 0.159 e. The zero-order chi connectivity index (χ0) is 12.6. The summed E-state index contributed by atoms with van der Waals surface area (Å²) in [7, 11) is 2.13. The van der Waals surface area contributed by atoms with Gasteiger partial charge in [-0.15, -0.1) is 0 Å². The van der Waals surface area contributed by atoms with Gasteiger partial charge in [0, 0.05) is 24.8 Å². The lowest BCUT2D eigenvalue weighted by Crippen LogP contribution is -2.20. The van der Waals surface area contributed by atoms with Crippen LogP contribution in [0.3, 0.4) is 0 Å². The number of nitrogens with zero attached hydrogens (tertiary/aromatic N) is 1. The van der Waals surface area contributed by atoms with Crippen molar-refractivity contribution in [2.24, 2.45) is 0 Å². The van der Waals surface area contributed by atoms with E-state index in [1.807, 2.05) is 6.07 Å².